The molecular formula is C14H27NO4S. The van der Waals surface area contributed by atoms with Crippen molar-refractivity contribution < 1.29 is 17.9 Å². The van der Waals surface area contributed by atoms with Gasteiger partial charge < -0.3 is 10.1 Å². The van der Waals surface area contributed by atoms with Crippen LogP contribution in [0.5, 0.6) is 0 Å². The molecule has 1 saturated heterocycles. The van der Waals surface area contributed by atoms with Crippen molar-refractivity contribution in [2.24, 2.45) is 0 Å². The second-order valence-corrected chi connectivity index (χ2v) is 7.69. The van der Waals surface area contributed by atoms with Crippen LogP contribution in [0.2, 0.25) is 0 Å². The van der Waals surface area contributed by atoms with Crippen LogP contribution in [0.4, 0.5) is 0 Å². The predicted octanol–water partition coefficient (Wildman–Crippen LogP) is 1.67. The molecule has 1 atom stereocenters. The topological polar surface area (TPSA) is 72.5 Å². The number of hydrogen-bond acceptors (Lipinski definition) is 5. The summed E-state index contributed by atoms with van der Waals surface area (Å²) >= 11 is 0. The molecule has 6 heteroatoms. The second-order valence-electron chi connectivity index (χ2n) is 5.46. The van der Waals surface area contributed by atoms with Gasteiger partial charge in [-0.1, -0.05) is 39.0 Å². The van der Waals surface area contributed by atoms with Gasteiger partial charge in [0.15, 0.2) is 9.84 Å². The maximum Gasteiger partial charge on any atom is 0.307 e. The molecule has 0 saturated carbocycles. The fraction of sp³-hybridized carbons (Fsp3) is 0.929. The van der Waals surface area contributed by atoms with E-state index in [0.29, 0.717) is 13.2 Å². The standard InChI is InChI=1S/C14H27NO4S/c1-2-3-4-5-6-7-9-19-14(16)11-13-12-20(17,18)10-8-15-13/h13,15H,2-12H2,1H3. The zero-order chi connectivity index (χ0) is 14.8. The van der Waals surface area contributed by atoms with E-state index >= 15 is 0 Å². The normalized spacial score (nSPS) is 21.6. The first-order chi connectivity index (χ1) is 9.53. The highest BCUT2D eigenvalue weighted by Gasteiger charge is 2.26. The molecule has 0 aromatic heterocycles. The summed E-state index contributed by atoms with van der Waals surface area (Å²) in [5.41, 5.74) is 0. The van der Waals surface area contributed by atoms with Crippen molar-refractivity contribution in [1.29, 1.82) is 0 Å². The van der Waals surface area contributed by atoms with Crippen molar-refractivity contribution in [3.05, 3.63) is 0 Å². The Balaban J connectivity index is 2.05. The quantitative estimate of drug-likeness (QED) is 0.518. The molecule has 1 fully saturated rings. The number of sulfone groups is 1. The van der Waals surface area contributed by atoms with E-state index in [2.05, 4.69) is 12.2 Å². The average molecular weight is 305 g/mol. The van der Waals surface area contributed by atoms with Crippen LogP contribution in [-0.2, 0) is 19.4 Å². The lowest BCUT2D eigenvalue weighted by Crippen LogP contribution is -2.46. The minimum Gasteiger partial charge on any atom is -0.466 e. The number of unbranched alkanes of at least 4 members (excludes halogenated alkanes) is 5. The molecule has 0 amide bonds. The summed E-state index contributed by atoms with van der Waals surface area (Å²) < 4.78 is 28.0. The number of esters is 1. The molecule has 0 radical (unpaired) electrons. The Morgan fingerprint density at radius 3 is 2.60 bits per heavy atom. The van der Waals surface area contributed by atoms with Crippen LogP contribution < -0.4 is 5.32 Å². The summed E-state index contributed by atoms with van der Waals surface area (Å²) in [4.78, 5) is 11.6. The van der Waals surface area contributed by atoms with Crippen LogP contribution >= 0.6 is 0 Å². The first-order valence-electron chi connectivity index (χ1n) is 7.63. The summed E-state index contributed by atoms with van der Waals surface area (Å²) in [7, 11) is -2.99. The van der Waals surface area contributed by atoms with Crippen molar-refractivity contribution >= 4 is 15.8 Å². The van der Waals surface area contributed by atoms with E-state index < -0.39 is 9.84 Å². The Morgan fingerprint density at radius 2 is 1.90 bits per heavy atom. The Hall–Kier alpha value is -0.620. The van der Waals surface area contributed by atoms with Crippen LogP contribution in [0.1, 0.15) is 51.9 Å². The molecule has 0 aliphatic carbocycles. The van der Waals surface area contributed by atoms with Crippen LogP contribution in [0.25, 0.3) is 0 Å². The van der Waals surface area contributed by atoms with Gasteiger partial charge in [-0.05, 0) is 6.42 Å². The van der Waals surface area contributed by atoms with Crippen molar-refractivity contribution in [3.8, 4) is 0 Å². The molecule has 20 heavy (non-hydrogen) atoms. The molecule has 0 bridgehead atoms. The summed E-state index contributed by atoms with van der Waals surface area (Å²) in [6.45, 7) is 3.06. The van der Waals surface area contributed by atoms with Crippen LogP contribution in [0.15, 0.2) is 0 Å². The van der Waals surface area contributed by atoms with Crippen LogP contribution in [0.3, 0.4) is 0 Å². The Morgan fingerprint density at radius 1 is 1.20 bits per heavy atom. The van der Waals surface area contributed by atoms with Crippen molar-refractivity contribution in [1.82, 2.24) is 5.32 Å². The number of nitrogens with one attached hydrogen (secondary N) is 1. The largest absolute Gasteiger partial charge is 0.466 e. The summed E-state index contributed by atoms with van der Waals surface area (Å²) in [5, 5.41) is 3.05. The SMILES string of the molecule is CCCCCCCCOC(=O)CC1CS(=O)(=O)CCN1. The maximum atomic E-state index is 11.6. The molecule has 1 aliphatic heterocycles. The number of hydrogen-bond donors (Lipinski definition) is 1. The highest BCUT2D eigenvalue weighted by molar-refractivity contribution is 7.91. The third-order valence-electron chi connectivity index (χ3n) is 3.48. The molecule has 118 valence electrons. The lowest BCUT2D eigenvalue weighted by Gasteiger charge is -2.22. The van der Waals surface area contributed by atoms with Crippen molar-refractivity contribution in [3.63, 3.8) is 0 Å². The lowest BCUT2D eigenvalue weighted by atomic mass is 10.1. The predicted molar refractivity (Wildman–Crippen MR) is 79.4 cm³/mol. The fourth-order valence-electron chi connectivity index (χ4n) is 2.33. The van der Waals surface area contributed by atoms with E-state index in [1.165, 1.54) is 25.7 Å². The molecule has 0 aromatic carbocycles. The molecule has 5 nitrogen and oxygen atoms in total. The van der Waals surface area contributed by atoms with Gasteiger partial charge in [0.05, 0.1) is 24.5 Å². The van der Waals surface area contributed by atoms with Gasteiger partial charge in [0, 0.05) is 12.6 Å². The average Bonchev–Trinajstić information content (AvgIpc) is 2.36. The second kappa shape index (κ2) is 9.34. The molecule has 1 rings (SSSR count). The monoisotopic (exact) mass is 305 g/mol. The fourth-order valence-corrected chi connectivity index (χ4v) is 3.77. The van der Waals surface area contributed by atoms with E-state index in [0.717, 1.165) is 12.8 Å². The van der Waals surface area contributed by atoms with Gasteiger partial charge in [-0.3, -0.25) is 4.79 Å². The van der Waals surface area contributed by atoms with Gasteiger partial charge in [-0.15, -0.1) is 0 Å². The molecule has 1 heterocycles. The van der Waals surface area contributed by atoms with Crippen molar-refractivity contribution in [2.45, 2.75) is 57.9 Å². The van der Waals surface area contributed by atoms with E-state index in [1.54, 1.807) is 0 Å². The van der Waals surface area contributed by atoms with E-state index in [-0.39, 0.29) is 29.9 Å². The maximum absolute atomic E-state index is 11.6. The molecule has 1 aliphatic rings. The zero-order valence-corrected chi connectivity index (χ0v) is 13.2. The number of carbonyl (C=O) groups is 1. The molecule has 0 spiro atoms. The summed E-state index contributed by atoms with van der Waals surface area (Å²) in [6.07, 6.45) is 7.06. The van der Waals surface area contributed by atoms with Gasteiger partial charge in [-0.25, -0.2) is 8.42 Å². The highest BCUT2D eigenvalue weighted by Crippen LogP contribution is 2.08. The smallest absolute Gasteiger partial charge is 0.307 e. The Labute approximate surface area is 122 Å². The van der Waals surface area contributed by atoms with Crippen LogP contribution in [-0.4, -0.2) is 45.1 Å². The third kappa shape index (κ3) is 7.85. The van der Waals surface area contributed by atoms with Crippen molar-refractivity contribution in [2.75, 3.05) is 24.7 Å². The third-order valence-corrected chi connectivity index (χ3v) is 5.21. The van der Waals surface area contributed by atoms with Crippen LogP contribution in [0, 0.1) is 0 Å². The first-order valence-corrected chi connectivity index (χ1v) is 9.45. The van der Waals surface area contributed by atoms with Gasteiger partial charge in [-0.2, -0.15) is 0 Å². The minimum atomic E-state index is -2.99. The van der Waals surface area contributed by atoms with Gasteiger partial charge >= 0.3 is 5.97 Å². The minimum absolute atomic E-state index is 0.0408. The molecular weight excluding hydrogens is 278 g/mol. The number of carbonyl (C=O) groups excluding carboxylic acids is 1. The lowest BCUT2D eigenvalue weighted by molar-refractivity contribution is -0.144. The zero-order valence-electron chi connectivity index (χ0n) is 12.4. The van der Waals surface area contributed by atoms with Gasteiger partial charge in [0.25, 0.3) is 0 Å². The first kappa shape index (κ1) is 17.4. The highest BCUT2D eigenvalue weighted by atomic mass is 32.2. The summed E-state index contributed by atoms with van der Waals surface area (Å²) in [6, 6.07) is -0.286. The molecule has 0 aromatic rings. The number of rotatable bonds is 9. The summed E-state index contributed by atoms with van der Waals surface area (Å²) in [5.74, 6) is -0.0942. The van der Waals surface area contributed by atoms with Gasteiger partial charge in [0.2, 0.25) is 0 Å². The number of ether oxygens (including phenoxy) is 1. The Bertz CT molecular complexity index is 381. The van der Waals surface area contributed by atoms with E-state index in [1.807, 2.05) is 0 Å². The Kier molecular flexibility index (Phi) is 8.14. The van der Waals surface area contributed by atoms with Gasteiger partial charge in [0.1, 0.15) is 0 Å². The van der Waals surface area contributed by atoms with E-state index in [4.69, 9.17) is 4.74 Å². The van der Waals surface area contributed by atoms with E-state index in [9.17, 15) is 13.2 Å². The molecule has 1 N–H and O–H groups in total. The molecule has 1 unspecified atom stereocenters.